The molecule has 3 rings (SSSR count). The van der Waals surface area contributed by atoms with Gasteiger partial charge in [-0.15, -0.1) is 11.3 Å². The van der Waals surface area contributed by atoms with E-state index in [1.165, 1.54) is 43.8 Å². The number of fused-ring (bicyclic) bond motifs is 1. The molecule has 16 heavy (non-hydrogen) atoms. The fourth-order valence-electron chi connectivity index (χ4n) is 3.00. The summed E-state index contributed by atoms with van der Waals surface area (Å²) in [4.78, 5) is 8.15. The maximum atomic E-state index is 4.15. The van der Waals surface area contributed by atoms with E-state index < -0.39 is 0 Å². The first-order valence-electron chi connectivity index (χ1n) is 6.25. The number of thiazole rings is 1. The minimum absolute atomic E-state index is 0.798. The van der Waals surface area contributed by atoms with E-state index >= 15 is 0 Å². The molecule has 2 fully saturated rings. The summed E-state index contributed by atoms with van der Waals surface area (Å²) >= 11 is 1.78. The van der Waals surface area contributed by atoms with Crippen molar-refractivity contribution in [3.8, 4) is 0 Å². The van der Waals surface area contributed by atoms with Gasteiger partial charge in [-0.1, -0.05) is 0 Å². The first-order chi connectivity index (χ1) is 7.92. The molecule has 0 amide bonds. The van der Waals surface area contributed by atoms with Crippen molar-refractivity contribution in [1.29, 1.82) is 0 Å². The zero-order chi connectivity index (χ0) is 10.8. The second kappa shape index (κ2) is 4.82. The van der Waals surface area contributed by atoms with Gasteiger partial charge in [0.25, 0.3) is 0 Å². The van der Waals surface area contributed by atoms with Crippen molar-refractivity contribution in [2.45, 2.75) is 31.8 Å². The smallest absolute Gasteiger partial charge is 0.0794 e. The molecule has 0 spiro atoms. The standard InChI is InChI=1S/C12H19N3S/c1-2-10-7-15(5-3-12(10)14-4-1)8-11-6-13-9-16-11/h6,9-10,12,14H,1-5,7-8H2. The fourth-order valence-corrected chi connectivity index (χ4v) is 3.64. The highest BCUT2D eigenvalue weighted by Crippen LogP contribution is 2.26. The third kappa shape index (κ3) is 2.29. The Bertz CT molecular complexity index is 325. The Labute approximate surface area is 101 Å². The number of nitrogens with one attached hydrogen (secondary N) is 1. The summed E-state index contributed by atoms with van der Waals surface area (Å²) in [5, 5.41) is 3.66. The summed E-state index contributed by atoms with van der Waals surface area (Å²) in [7, 11) is 0. The predicted molar refractivity (Wildman–Crippen MR) is 66.5 cm³/mol. The third-order valence-electron chi connectivity index (χ3n) is 3.84. The van der Waals surface area contributed by atoms with Crippen LogP contribution in [0, 0.1) is 5.92 Å². The molecular formula is C12H19N3S. The SMILES string of the molecule is c1ncc(CN2CCC3NCCCC3C2)s1. The summed E-state index contributed by atoms with van der Waals surface area (Å²) in [6, 6.07) is 0.798. The zero-order valence-corrected chi connectivity index (χ0v) is 10.4. The molecule has 3 nitrogen and oxygen atoms in total. The molecule has 4 heteroatoms. The third-order valence-corrected chi connectivity index (χ3v) is 4.60. The molecule has 2 saturated heterocycles. The van der Waals surface area contributed by atoms with Crippen LogP contribution in [0.3, 0.4) is 0 Å². The number of hydrogen-bond acceptors (Lipinski definition) is 4. The number of likely N-dealkylation sites (tertiary alicyclic amines) is 1. The van der Waals surface area contributed by atoms with Gasteiger partial charge in [-0.3, -0.25) is 9.88 Å². The fraction of sp³-hybridized carbons (Fsp3) is 0.750. The van der Waals surface area contributed by atoms with Crippen LogP contribution in [0.1, 0.15) is 24.1 Å². The van der Waals surface area contributed by atoms with Crippen LogP contribution in [0.4, 0.5) is 0 Å². The Balaban J connectivity index is 1.58. The zero-order valence-electron chi connectivity index (χ0n) is 9.56. The second-order valence-corrected chi connectivity index (χ2v) is 5.93. The number of piperidine rings is 2. The normalized spacial score (nSPS) is 31.2. The summed E-state index contributed by atoms with van der Waals surface area (Å²) in [5.74, 6) is 0.885. The molecule has 1 aromatic heterocycles. The van der Waals surface area contributed by atoms with E-state index in [1.807, 2.05) is 11.7 Å². The van der Waals surface area contributed by atoms with Crippen molar-refractivity contribution in [2.24, 2.45) is 5.92 Å². The van der Waals surface area contributed by atoms with Crippen molar-refractivity contribution in [3.05, 3.63) is 16.6 Å². The lowest BCUT2D eigenvalue weighted by Gasteiger charge is -2.41. The van der Waals surface area contributed by atoms with Crippen LogP contribution in [-0.4, -0.2) is 35.6 Å². The molecule has 1 aromatic rings. The maximum Gasteiger partial charge on any atom is 0.0794 e. The monoisotopic (exact) mass is 237 g/mol. The number of nitrogens with zero attached hydrogens (tertiary/aromatic N) is 2. The average Bonchev–Trinajstić information content (AvgIpc) is 2.82. The molecule has 88 valence electrons. The van der Waals surface area contributed by atoms with Crippen LogP contribution in [0.2, 0.25) is 0 Å². The lowest BCUT2D eigenvalue weighted by atomic mass is 9.85. The van der Waals surface area contributed by atoms with E-state index in [9.17, 15) is 0 Å². The van der Waals surface area contributed by atoms with Crippen molar-refractivity contribution >= 4 is 11.3 Å². The molecule has 2 aliphatic rings. The Morgan fingerprint density at radius 2 is 2.50 bits per heavy atom. The molecule has 2 atom stereocenters. The molecular weight excluding hydrogens is 218 g/mol. The van der Waals surface area contributed by atoms with E-state index in [1.54, 1.807) is 11.3 Å². The quantitative estimate of drug-likeness (QED) is 0.849. The van der Waals surface area contributed by atoms with Crippen molar-refractivity contribution in [2.75, 3.05) is 19.6 Å². The molecule has 0 bridgehead atoms. The minimum atomic E-state index is 0.798. The maximum absolute atomic E-state index is 4.15. The molecule has 0 radical (unpaired) electrons. The van der Waals surface area contributed by atoms with Crippen LogP contribution in [0.5, 0.6) is 0 Å². The summed E-state index contributed by atoms with van der Waals surface area (Å²) in [6.45, 7) is 4.85. The van der Waals surface area contributed by atoms with Crippen molar-refractivity contribution in [1.82, 2.24) is 15.2 Å². The first kappa shape index (κ1) is 10.7. The van der Waals surface area contributed by atoms with Gasteiger partial charge >= 0.3 is 0 Å². The average molecular weight is 237 g/mol. The summed E-state index contributed by atoms with van der Waals surface area (Å²) < 4.78 is 0. The molecule has 1 N–H and O–H groups in total. The minimum Gasteiger partial charge on any atom is -0.314 e. The number of hydrogen-bond donors (Lipinski definition) is 1. The Hall–Kier alpha value is -0.450. The van der Waals surface area contributed by atoms with Crippen molar-refractivity contribution < 1.29 is 0 Å². The van der Waals surface area contributed by atoms with Gasteiger partial charge in [0, 0.05) is 36.8 Å². The molecule has 2 unspecified atom stereocenters. The molecule has 2 aliphatic heterocycles. The van der Waals surface area contributed by atoms with E-state index in [0.29, 0.717) is 0 Å². The Morgan fingerprint density at radius 1 is 1.50 bits per heavy atom. The van der Waals surface area contributed by atoms with Gasteiger partial charge in [0.05, 0.1) is 5.51 Å². The summed E-state index contributed by atoms with van der Waals surface area (Å²) in [5.41, 5.74) is 1.93. The lowest BCUT2D eigenvalue weighted by Crippen LogP contribution is -2.51. The topological polar surface area (TPSA) is 28.2 Å². The second-order valence-electron chi connectivity index (χ2n) is 4.95. The lowest BCUT2D eigenvalue weighted by molar-refractivity contribution is 0.109. The van der Waals surface area contributed by atoms with Gasteiger partial charge in [-0.25, -0.2) is 0 Å². The number of aromatic nitrogens is 1. The van der Waals surface area contributed by atoms with E-state index in [0.717, 1.165) is 18.5 Å². The van der Waals surface area contributed by atoms with Gasteiger partial charge in [-0.2, -0.15) is 0 Å². The Kier molecular flexibility index (Phi) is 3.22. The van der Waals surface area contributed by atoms with Gasteiger partial charge in [0.1, 0.15) is 0 Å². The molecule has 0 aromatic carbocycles. The van der Waals surface area contributed by atoms with E-state index in [4.69, 9.17) is 0 Å². The van der Waals surface area contributed by atoms with Crippen LogP contribution < -0.4 is 5.32 Å². The van der Waals surface area contributed by atoms with Gasteiger partial charge in [0.15, 0.2) is 0 Å². The molecule has 0 aliphatic carbocycles. The molecule has 3 heterocycles. The highest BCUT2D eigenvalue weighted by Gasteiger charge is 2.30. The predicted octanol–water partition coefficient (Wildman–Crippen LogP) is 1.72. The van der Waals surface area contributed by atoms with Crippen LogP contribution in [0.25, 0.3) is 0 Å². The number of rotatable bonds is 2. The van der Waals surface area contributed by atoms with E-state index in [-0.39, 0.29) is 0 Å². The van der Waals surface area contributed by atoms with E-state index in [2.05, 4.69) is 15.2 Å². The van der Waals surface area contributed by atoms with Gasteiger partial charge in [-0.05, 0) is 31.7 Å². The highest BCUT2D eigenvalue weighted by atomic mass is 32.1. The Morgan fingerprint density at radius 3 is 3.38 bits per heavy atom. The van der Waals surface area contributed by atoms with Crippen LogP contribution >= 0.6 is 11.3 Å². The van der Waals surface area contributed by atoms with Crippen molar-refractivity contribution in [3.63, 3.8) is 0 Å². The summed E-state index contributed by atoms with van der Waals surface area (Å²) in [6.07, 6.45) is 6.10. The van der Waals surface area contributed by atoms with Crippen LogP contribution in [0.15, 0.2) is 11.7 Å². The van der Waals surface area contributed by atoms with Gasteiger partial charge in [0.2, 0.25) is 0 Å². The largest absolute Gasteiger partial charge is 0.314 e. The van der Waals surface area contributed by atoms with Crippen LogP contribution in [-0.2, 0) is 6.54 Å². The van der Waals surface area contributed by atoms with Gasteiger partial charge < -0.3 is 5.32 Å². The molecule has 0 saturated carbocycles. The highest BCUT2D eigenvalue weighted by molar-refractivity contribution is 7.09. The first-order valence-corrected chi connectivity index (χ1v) is 7.13.